The van der Waals surface area contributed by atoms with Gasteiger partial charge in [-0.2, -0.15) is 0 Å². The molecule has 0 spiro atoms. The molecular formula is C37H60N6+4. The molecule has 4 saturated heterocycles. The van der Waals surface area contributed by atoms with Crippen LogP contribution in [0.15, 0.2) is 79.4 Å². The number of pyridine rings is 2. The van der Waals surface area contributed by atoms with E-state index in [1.165, 1.54) is 112 Å². The first kappa shape index (κ1) is 33.3. The van der Waals surface area contributed by atoms with Gasteiger partial charge >= 0.3 is 0 Å². The minimum absolute atomic E-state index is 0.693. The highest BCUT2D eigenvalue weighted by Gasteiger charge is 2.30. The van der Waals surface area contributed by atoms with Crippen LogP contribution in [0.4, 0.5) is 5.69 Å². The van der Waals surface area contributed by atoms with Gasteiger partial charge in [0.25, 0.3) is 0 Å². The van der Waals surface area contributed by atoms with Crippen molar-refractivity contribution in [1.82, 2.24) is 9.97 Å². The number of nitrogens with one attached hydrogen (secondary N) is 4. The number of quaternary nitrogens is 4. The van der Waals surface area contributed by atoms with Gasteiger partial charge < -0.3 is 19.6 Å². The third-order valence-corrected chi connectivity index (χ3v) is 9.85. The minimum Gasteiger partial charge on any atom is -0.337 e. The van der Waals surface area contributed by atoms with E-state index in [1.807, 2.05) is 43.0 Å². The largest absolute Gasteiger partial charge is 0.337 e. The van der Waals surface area contributed by atoms with Crippen molar-refractivity contribution in [1.29, 1.82) is 0 Å². The summed E-state index contributed by atoms with van der Waals surface area (Å²) in [6.07, 6.45) is 19.1. The van der Waals surface area contributed by atoms with Gasteiger partial charge in [0.1, 0.15) is 18.3 Å². The molecule has 5 fully saturated rings. The van der Waals surface area contributed by atoms with E-state index >= 15 is 0 Å². The van der Waals surface area contributed by atoms with Crippen LogP contribution in [0.1, 0.15) is 68.5 Å². The summed E-state index contributed by atoms with van der Waals surface area (Å²) in [6, 6.07) is 19.7. The fraction of sp³-hybridized carbons (Fsp3) is 0.568. The predicted octanol–water partition coefficient (Wildman–Crippen LogP) is 1.48. The summed E-state index contributed by atoms with van der Waals surface area (Å²) in [7, 11) is 8.81. The third kappa shape index (κ3) is 11.8. The highest BCUT2D eigenvalue weighted by atomic mass is 15.1. The number of likely N-dealkylation sites (tertiary alicyclic amines) is 2. The Morgan fingerprint density at radius 1 is 0.698 bits per heavy atom. The van der Waals surface area contributed by atoms with Crippen LogP contribution in [0, 0.1) is 11.8 Å². The van der Waals surface area contributed by atoms with Crippen LogP contribution in [0.5, 0.6) is 0 Å². The minimum atomic E-state index is 0.693. The van der Waals surface area contributed by atoms with Crippen LogP contribution in [0.2, 0.25) is 0 Å². The molecular weight excluding hydrogens is 528 g/mol. The summed E-state index contributed by atoms with van der Waals surface area (Å²) in [4.78, 5) is 14.6. The van der Waals surface area contributed by atoms with Gasteiger partial charge in [0.15, 0.2) is 0 Å². The zero-order valence-electron chi connectivity index (χ0n) is 27.5. The molecule has 2 atom stereocenters. The Labute approximate surface area is 262 Å². The molecule has 2 bridgehead atoms. The Balaban J connectivity index is 0.000000132. The molecule has 1 saturated carbocycles. The average molecular weight is 589 g/mol. The van der Waals surface area contributed by atoms with E-state index in [0.29, 0.717) is 6.04 Å². The summed E-state index contributed by atoms with van der Waals surface area (Å²) in [6.45, 7) is 8.18. The Kier molecular flexibility index (Phi) is 14.1. The van der Waals surface area contributed by atoms with Crippen molar-refractivity contribution in [3.8, 4) is 0 Å². The van der Waals surface area contributed by atoms with Gasteiger partial charge in [-0.05, 0) is 31.7 Å². The van der Waals surface area contributed by atoms with E-state index in [2.05, 4.69) is 74.6 Å². The van der Waals surface area contributed by atoms with Crippen LogP contribution in [0.3, 0.4) is 0 Å². The summed E-state index contributed by atoms with van der Waals surface area (Å²) < 4.78 is 0. The van der Waals surface area contributed by atoms with Gasteiger partial charge in [-0.15, -0.1) is 0 Å². The van der Waals surface area contributed by atoms with Gasteiger partial charge in [-0.1, -0.05) is 36.4 Å². The first-order chi connectivity index (χ1) is 21.0. The van der Waals surface area contributed by atoms with Crippen molar-refractivity contribution in [2.45, 2.75) is 64.0 Å². The van der Waals surface area contributed by atoms with E-state index in [-0.39, 0.29) is 0 Å². The van der Waals surface area contributed by atoms with Crippen molar-refractivity contribution in [2.75, 3.05) is 60.9 Å². The lowest BCUT2D eigenvalue weighted by molar-refractivity contribution is -0.901. The first-order valence-corrected chi connectivity index (χ1v) is 17.1. The van der Waals surface area contributed by atoms with Crippen LogP contribution in [-0.2, 0) is 6.54 Å². The van der Waals surface area contributed by atoms with E-state index in [9.17, 15) is 0 Å². The summed E-state index contributed by atoms with van der Waals surface area (Å²) in [5, 5.41) is 0. The molecule has 4 aliphatic heterocycles. The lowest BCUT2D eigenvalue weighted by Crippen LogP contribution is -3.09. The number of hydrogen-bond donors (Lipinski definition) is 4. The Morgan fingerprint density at radius 2 is 1.35 bits per heavy atom. The maximum atomic E-state index is 4.15. The highest BCUT2D eigenvalue weighted by Crippen LogP contribution is 2.28. The van der Waals surface area contributed by atoms with Gasteiger partial charge in [0, 0.05) is 85.6 Å². The molecule has 0 radical (unpaired) electrons. The predicted molar refractivity (Wildman–Crippen MR) is 177 cm³/mol. The van der Waals surface area contributed by atoms with Gasteiger partial charge in [0.2, 0.25) is 0 Å². The lowest BCUT2D eigenvalue weighted by Gasteiger charge is -2.18. The number of benzene rings is 1. The van der Waals surface area contributed by atoms with Gasteiger partial charge in [0.05, 0.1) is 60.9 Å². The molecule has 4 N–H and O–H groups in total. The lowest BCUT2D eigenvalue weighted by atomic mass is 9.84. The molecule has 0 amide bonds. The number of hydrogen-bond acceptors (Lipinski definition) is 2. The molecule has 6 heteroatoms. The summed E-state index contributed by atoms with van der Waals surface area (Å²) in [5.41, 5.74) is 4.15. The molecule has 8 rings (SSSR count). The molecule has 234 valence electrons. The monoisotopic (exact) mass is 588 g/mol. The van der Waals surface area contributed by atoms with Gasteiger partial charge in [-0.3, -0.25) is 9.97 Å². The van der Waals surface area contributed by atoms with Crippen molar-refractivity contribution in [3.05, 3.63) is 90.5 Å². The van der Waals surface area contributed by atoms with E-state index in [4.69, 9.17) is 0 Å². The second kappa shape index (κ2) is 18.2. The average Bonchev–Trinajstić information content (AvgIpc) is 3.64. The molecule has 1 aliphatic carbocycles. The molecule has 5 aliphatic rings. The zero-order chi connectivity index (χ0) is 30.3. The topological polar surface area (TPSA) is 43.5 Å². The third-order valence-electron chi connectivity index (χ3n) is 9.85. The molecule has 43 heavy (non-hydrogen) atoms. The highest BCUT2D eigenvalue weighted by molar-refractivity contribution is 5.24. The maximum absolute atomic E-state index is 4.15. The van der Waals surface area contributed by atoms with Crippen molar-refractivity contribution in [2.24, 2.45) is 11.8 Å². The normalized spacial score (nSPS) is 26.3. The summed E-state index contributed by atoms with van der Waals surface area (Å²) >= 11 is 0. The van der Waals surface area contributed by atoms with Crippen LogP contribution < -0.4 is 19.6 Å². The summed E-state index contributed by atoms with van der Waals surface area (Å²) in [5.74, 6) is 2.16. The number of aromatic nitrogens is 2. The number of rotatable bonds is 4. The molecule has 1 aromatic carbocycles. The van der Waals surface area contributed by atoms with Gasteiger partial charge in [-0.25, -0.2) is 0 Å². The van der Waals surface area contributed by atoms with E-state index < -0.39 is 0 Å². The smallest absolute Gasteiger partial charge is 0.133 e. The molecule has 2 aromatic heterocycles. The maximum Gasteiger partial charge on any atom is 0.133 e. The SMILES string of the molecule is C[NH+](C)c1ccncc1.C[NH+]1CC2CCC(CC2)C1.C[NH+]1CCCC1c1cccnc1.c1ccc(C[NH+]2CCCC2)cc1. The second-order valence-electron chi connectivity index (χ2n) is 13.7. The van der Waals surface area contributed by atoms with Crippen LogP contribution >= 0.6 is 0 Å². The van der Waals surface area contributed by atoms with Crippen molar-refractivity contribution < 1.29 is 19.6 Å². The second-order valence-corrected chi connectivity index (χ2v) is 13.7. The molecule has 6 heterocycles. The zero-order valence-corrected chi connectivity index (χ0v) is 27.5. The van der Waals surface area contributed by atoms with Crippen LogP contribution in [-0.4, -0.2) is 70.9 Å². The van der Waals surface area contributed by atoms with Crippen molar-refractivity contribution in [3.63, 3.8) is 0 Å². The molecule has 6 nitrogen and oxygen atoms in total. The molecule has 2 unspecified atom stereocenters. The number of fused-ring (bicyclic) bond motifs is 4. The van der Waals surface area contributed by atoms with E-state index in [1.54, 1.807) is 14.7 Å². The standard InChI is InChI=1S/C11H15N.C10H14N2.C9H17N.C7H10N2/c1-2-6-11(7-3-1)10-12-8-4-5-9-12;1-12-7-3-5-10(12)9-4-2-6-11-8-9;1-10-6-8-2-3-9(7-10)5-4-8;1-9(2)7-3-5-8-6-4-7/h1-3,6-7H,4-5,8-10H2;2,4,6,8,10H,3,5,7H2,1H3;8-9H,2-7H2,1H3;3-6H,1-2H3/p+4. The molecule has 3 aromatic rings. The quantitative estimate of drug-likeness (QED) is 0.373. The Morgan fingerprint density at radius 3 is 1.86 bits per heavy atom. The number of nitrogens with zero attached hydrogens (tertiary/aromatic N) is 2. The van der Waals surface area contributed by atoms with Crippen LogP contribution in [0.25, 0.3) is 0 Å². The fourth-order valence-electron chi connectivity index (χ4n) is 7.37. The fourth-order valence-corrected chi connectivity index (χ4v) is 7.37. The first-order valence-electron chi connectivity index (χ1n) is 17.1. The Bertz CT molecular complexity index is 1100. The van der Waals surface area contributed by atoms with Crippen molar-refractivity contribution >= 4 is 5.69 Å². The van der Waals surface area contributed by atoms with E-state index in [0.717, 1.165) is 11.8 Å². The Hall–Kier alpha value is -2.64.